The number of rotatable bonds is 5. The summed E-state index contributed by atoms with van der Waals surface area (Å²) in [6.45, 7) is 2.72. The maximum atomic E-state index is 13.2. The Hall–Kier alpha value is -1.96. The minimum absolute atomic E-state index is 0.00172. The summed E-state index contributed by atoms with van der Waals surface area (Å²) < 4.78 is 27.9. The van der Waals surface area contributed by atoms with Crippen LogP contribution in [0.25, 0.3) is 10.8 Å². The zero-order valence-electron chi connectivity index (χ0n) is 16.7. The first kappa shape index (κ1) is 20.3. The first-order valence-corrected chi connectivity index (χ1v) is 12.0. The largest absolute Gasteiger partial charge is 0.289 e. The van der Waals surface area contributed by atoms with E-state index < -0.39 is 10.0 Å². The molecule has 0 aromatic heterocycles. The highest BCUT2D eigenvalue weighted by atomic mass is 32.2. The highest BCUT2D eigenvalue weighted by Crippen LogP contribution is 2.27. The van der Waals surface area contributed by atoms with Gasteiger partial charge in [0, 0.05) is 32.6 Å². The monoisotopic (exact) mass is 415 g/mol. The van der Waals surface area contributed by atoms with Crippen LogP contribution in [-0.2, 0) is 14.8 Å². The molecule has 2 aromatic rings. The van der Waals surface area contributed by atoms with E-state index in [-0.39, 0.29) is 11.8 Å². The topological polar surface area (TPSA) is 69.7 Å². The molecular weight excluding hydrogens is 386 g/mol. The van der Waals surface area contributed by atoms with Gasteiger partial charge in [0.2, 0.25) is 15.9 Å². The Labute approximate surface area is 172 Å². The molecule has 6 nitrogen and oxygen atoms in total. The molecule has 0 aliphatic carbocycles. The third-order valence-corrected chi connectivity index (χ3v) is 7.81. The van der Waals surface area contributed by atoms with Gasteiger partial charge in [-0.1, -0.05) is 36.8 Å². The predicted molar refractivity (Wildman–Crippen MR) is 114 cm³/mol. The normalized spacial score (nSPS) is 21.9. The van der Waals surface area contributed by atoms with E-state index in [2.05, 4.69) is 5.43 Å². The summed E-state index contributed by atoms with van der Waals surface area (Å²) in [4.78, 5) is 12.8. The van der Waals surface area contributed by atoms with E-state index in [0.717, 1.165) is 49.5 Å². The molecule has 2 heterocycles. The van der Waals surface area contributed by atoms with E-state index in [1.807, 2.05) is 35.3 Å². The minimum Gasteiger partial charge on any atom is -0.289 e. The van der Waals surface area contributed by atoms with Crippen LogP contribution in [0, 0.1) is 5.92 Å². The Bertz CT molecular complexity index is 970. The summed E-state index contributed by atoms with van der Waals surface area (Å²) in [6.07, 6.45) is 5.49. The maximum absolute atomic E-state index is 13.2. The van der Waals surface area contributed by atoms with Crippen LogP contribution in [0.5, 0.6) is 0 Å². The van der Waals surface area contributed by atoms with E-state index in [1.165, 1.54) is 6.42 Å². The number of hydrazine groups is 1. The average Bonchev–Trinajstić information content (AvgIpc) is 2.74. The molecule has 0 saturated carbocycles. The third kappa shape index (κ3) is 4.79. The molecule has 29 heavy (non-hydrogen) atoms. The number of fused-ring (bicyclic) bond motifs is 1. The van der Waals surface area contributed by atoms with Gasteiger partial charge in [-0.2, -0.15) is 4.31 Å². The molecule has 2 saturated heterocycles. The second-order valence-electron chi connectivity index (χ2n) is 8.17. The molecule has 2 aliphatic rings. The lowest BCUT2D eigenvalue weighted by Crippen LogP contribution is -2.47. The van der Waals surface area contributed by atoms with Gasteiger partial charge in [0.1, 0.15) is 0 Å². The van der Waals surface area contributed by atoms with Crippen molar-refractivity contribution in [3.63, 3.8) is 0 Å². The molecule has 2 fully saturated rings. The Morgan fingerprint density at radius 1 is 0.966 bits per heavy atom. The van der Waals surface area contributed by atoms with Crippen molar-refractivity contribution >= 4 is 26.7 Å². The van der Waals surface area contributed by atoms with Crippen LogP contribution in [0.15, 0.2) is 47.4 Å². The lowest BCUT2D eigenvalue weighted by atomic mass is 9.96. The first-order chi connectivity index (χ1) is 14.0. The summed E-state index contributed by atoms with van der Waals surface area (Å²) in [5.74, 6) is 0.0608. The zero-order chi connectivity index (χ0) is 20.3. The number of hydrogen-bond acceptors (Lipinski definition) is 4. The third-order valence-electron chi connectivity index (χ3n) is 5.95. The number of benzene rings is 2. The quantitative estimate of drug-likeness (QED) is 0.815. The van der Waals surface area contributed by atoms with Gasteiger partial charge in [-0.05, 0) is 54.5 Å². The van der Waals surface area contributed by atoms with Crippen LogP contribution in [0.3, 0.4) is 0 Å². The fourth-order valence-electron chi connectivity index (χ4n) is 4.38. The van der Waals surface area contributed by atoms with E-state index in [0.29, 0.717) is 24.4 Å². The number of nitrogens with zero attached hydrogens (tertiary/aromatic N) is 2. The lowest BCUT2D eigenvalue weighted by molar-refractivity contribution is -0.127. The summed E-state index contributed by atoms with van der Waals surface area (Å²) in [6, 6.07) is 13.1. The molecule has 1 amide bonds. The number of carbonyl (C=O) groups is 1. The van der Waals surface area contributed by atoms with Crippen LogP contribution in [-0.4, -0.2) is 49.8 Å². The fourth-order valence-corrected chi connectivity index (χ4v) is 5.97. The Balaban J connectivity index is 1.41. The van der Waals surface area contributed by atoms with Crippen LogP contribution >= 0.6 is 0 Å². The van der Waals surface area contributed by atoms with Crippen molar-refractivity contribution in [1.29, 1.82) is 0 Å². The van der Waals surface area contributed by atoms with Crippen molar-refractivity contribution in [1.82, 2.24) is 14.7 Å². The molecule has 0 radical (unpaired) electrons. The highest BCUT2D eigenvalue weighted by molar-refractivity contribution is 7.89. The maximum Gasteiger partial charge on any atom is 0.243 e. The number of hydrogen-bond donors (Lipinski definition) is 1. The van der Waals surface area contributed by atoms with Gasteiger partial charge in [-0.25, -0.2) is 13.4 Å². The summed E-state index contributed by atoms with van der Waals surface area (Å²) in [5, 5.41) is 3.94. The van der Waals surface area contributed by atoms with Crippen molar-refractivity contribution in [3.8, 4) is 0 Å². The molecule has 156 valence electrons. The average molecular weight is 416 g/mol. The van der Waals surface area contributed by atoms with E-state index in [9.17, 15) is 13.2 Å². The molecule has 2 aliphatic heterocycles. The van der Waals surface area contributed by atoms with Crippen molar-refractivity contribution in [2.24, 2.45) is 5.92 Å². The van der Waals surface area contributed by atoms with Gasteiger partial charge < -0.3 is 0 Å². The van der Waals surface area contributed by atoms with Gasteiger partial charge in [0.25, 0.3) is 0 Å². The first-order valence-electron chi connectivity index (χ1n) is 10.6. The molecule has 1 unspecified atom stereocenters. The Morgan fingerprint density at radius 2 is 1.72 bits per heavy atom. The van der Waals surface area contributed by atoms with Crippen molar-refractivity contribution in [2.45, 2.75) is 43.4 Å². The molecule has 1 N–H and O–H groups in total. The van der Waals surface area contributed by atoms with Crippen molar-refractivity contribution < 1.29 is 13.2 Å². The van der Waals surface area contributed by atoms with Gasteiger partial charge in [-0.15, -0.1) is 0 Å². The van der Waals surface area contributed by atoms with Gasteiger partial charge in [0.05, 0.1) is 4.90 Å². The molecule has 4 rings (SSSR count). The van der Waals surface area contributed by atoms with Crippen LogP contribution < -0.4 is 5.43 Å². The van der Waals surface area contributed by atoms with Crippen LogP contribution in [0.4, 0.5) is 0 Å². The van der Waals surface area contributed by atoms with E-state index in [1.54, 1.807) is 16.4 Å². The highest BCUT2D eigenvalue weighted by Gasteiger charge is 2.31. The second-order valence-corrected chi connectivity index (χ2v) is 10.1. The number of carbonyl (C=O) groups excluding carboxylic acids is 1. The number of sulfonamides is 1. The van der Waals surface area contributed by atoms with Gasteiger partial charge in [0.15, 0.2) is 0 Å². The molecule has 0 bridgehead atoms. The van der Waals surface area contributed by atoms with Crippen molar-refractivity contribution in [2.75, 3.05) is 26.2 Å². The number of piperidine rings is 2. The molecule has 1 atom stereocenters. The zero-order valence-corrected chi connectivity index (χ0v) is 17.5. The molecule has 2 aromatic carbocycles. The molecule has 0 spiro atoms. The second kappa shape index (κ2) is 8.81. The SMILES string of the molecule is O=C(CC1CCCN(S(=O)(=O)c2ccc3ccccc3c2)C1)NN1CCCCC1. The standard InChI is InChI=1S/C22H29N3O3S/c26-22(23-24-12-4-1-5-13-24)15-18-7-6-14-25(17-18)29(27,28)21-11-10-19-8-2-3-9-20(19)16-21/h2-3,8-11,16,18H,1,4-7,12-15,17H2,(H,23,26). The fraction of sp³-hybridized carbons (Fsp3) is 0.500. The minimum atomic E-state index is -3.56. The lowest BCUT2D eigenvalue weighted by Gasteiger charge is -2.32. The van der Waals surface area contributed by atoms with Crippen LogP contribution in [0.2, 0.25) is 0 Å². The molecular formula is C22H29N3O3S. The predicted octanol–water partition coefficient (Wildman–Crippen LogP) is 3.15. The number of amides is 1. The van der Waals surface area contributed by atoms with Crippen LogP contribution in [0.1, 0.15) is 38.5 Å². The molecule has 7 heteroatoms. The smallest absolute Gasteiger partial charge is 0.243 e. The van der Waals surface area contributed by atoms with Gasteiger partial charge in [-0.3, -0.25) is 10.2 Å². The van der Waals surface area contributed by atoms with E-state index >= 15 is 0 Å². The van der Waals surface area contributed by atoms with E-state index in [4.69, 9.17) is 0 Å². The van der Waals surface area contributed by atoms with Gasteiger partial charge >= 0.3 is 0 Å². The Morgan fingerprint density at radius 3 is 2.52 bits per heavy atom. The number of nitrogens with one attached hydrogen (secondary N) is 1. The summed E-state index contributed by atoms with van der Waals surface area (Å²) in [5.41, 5.74) is 3.00. The van der Waals surface area contributed by atoms with Crippen molar-refractivity contribution in [3.05, 3.63) is 42.5 Å². The Kier molecular flexibility index (Phi) is 6.18. The summed E-state index contributed by atoms with van der Waals surface area (Å²) >= 11 is 0. The summed E-state index contributed by atoms with van der Waals surface area (Å²) in [7, 11) is -3.56.